The van der Waals surface area contributed by atoms with Crippen molar-refractivity contribution in [1.29, 1.82) is 0 Å². The van der Waals surface area contributed by atoms with Crippen LogP contribution < -0.4 is 10.6 Å². The third-order valence-electron chi connectivity index (χ3n) is 5.45. The molecule has 0 aromatic heterocycles. The lowest BCUT2D eigenvalue weighted by atomic mass is 10.0. The Hall–Kier alpha value is -1.75. The summed E-state index contributed by atoms with van der Waals surface area (Å²) < 4.78 is 24.5. The Labute approximate surface area is 207 Å². The minimum absolute atomic E-state index is 0. The molecule has 32 heavy (non-hydrogen) atoms. The van der Waals surface area contributed by atoms with Crippen molar-refractivity contribution >= 4 is 29.9 Å². The monoisotopic (exact) mass is 556 g/mol. The van der Waals surface area contributed by atoms with Crippen molar-refractivity contribution in [3.63, 3.8) is 0 Å². The summed E-state index contributed by atoms with van der Waals surface area (Å²) in [5.74, 6) is 0.507. The molecule has 6 nitrogen and oxygen atoms in total. The van der Waals surface area contributed by atoms with Crippen molar-refractivity contribution in [3.05, 3.63) is 71.0 Å². The number of nitrogens with zero attached hydrogens (tertiary/aromatic N) is 2. The minimum atomic E-state index is -0.222. The molecule has 0 amide bonds. The summed E-state index contributed by atoms with van der Waals surface area (Å²) in [6, 6.07) is 15.1. The maximum atomic E-state index is 13.4. The van der Waals surface area contributed by atoms with Gasteiger partial charge in [-0.3, -0.25) is 9.89 Å². The zero-order valence-electron chi connectivity index (χ0n) is 18.9. The SMILES string of the molecule is CCOCc1ccccc1CNC(=NC)NCC(c1ccc(F)cc1)N1CCOCC1.I. The predicted molar refractivity (Wildman–Crippen MR) is 137 cm³/mol. The van der Waals surface area contributed by atoms with Crippen LogP contribution in [0.3, 0.4) is 0 Å². The summed E-state index contributed by atoms with van der Waals surface area (Å²) in [5.41, 5.74) is 3.43. The summed E-state index contributed by atoms with van der Waals surface area (Å²) in [6.07, 6.45) is 0. The molecule has 0 bridgehead atoms. The molecule has 1 unspecified atom stereocenters. The fourth-order valence-electron chi connectivity index (χ4n) is 3.71. The van der Waals surface area contributed by atoms with Crippen LogP contribution in [0.2, 0.25) is 0 Å². The Kier molecular flexibility index (Phi) is 11.9. The summed E-state index contributed by atoms with van der Waals surface area (Å²) in [5, 5.41) is 6.85. The predicted octanol–water partition coefficient (Wildman–Crippen LogP) is 3.72. The van der Waals surface area contributed by atoms with Crippen LogP contribution >= 0.6 is 24.0 Å². The van der Waals surface area contributed by atoms with Crippen LogP contribution in [0.1, 0.15) is 29.7 Å². The molecule has 3 rings (SSSR count). The largest absolute Gasteiger partial charge is 0.379 e. The van der Waals surface area contributed by atoms with Crippen molar-refractivity contribution in [2.24, 2.45) is 4.99 Å². The van der Waals surface area contributed by atoms with E-state index >= 15 is 0 Å². The van der Waals surface area contributed by atoms with Crippen LogP contribution in [-0.4, -0.2) is 57.4 Å². The highest BCUT2D eigenvalue weighted by Gasteiger charge is 2.23. The number of morpholine rings is 1. The van der Waals surface area contributed by atoms with E-state index in [-0.39, 0.29) is 35.8 Å². The maximum Gasteiger partial charge on any atom is 0.191 e. The van der Waals surface area contributed by atoms with E-state index in [4.69, 9.17) is 9.47 Å². The highest BCUT2D eigenvalue weighted by molar-refractivity contribution is 14.0. The number of hydrogen-bond acceptors (Lipinski definition) is 4. The van der Waals surface area contributed by atoms with Gasteiger partial charge in [0.1, 0.15) is 5.82 Å². The Morgan fingerprint density at radius 3 is 2.44 bits per heavy atom. The molecule has 176 valence electrons. The van der Waals surface area contributed by atoms with Crippen LogP contribution in [0, 0.1) is 5.82 Å². The van der Waals surface area contributed by atoms with Crippen LogP contribution in [-0.2, 0) is 22.6 Å². The van der Waals surface area contributed by atoms with Crippen LogP contribution in [0.15, 0.2) is 53.5 Å². The van der Waals surface area contributed by atoms with Gasteiger partial charge in [-0.15, -0.1) is 24.0 Å². The fraction of sp³-hybridized carbons (Fsp3) is 0.458. The smallest absolute Gasteiger partial charge is 0.191 e. The normalized spacial score (nSPS) is 15.7. The van der Waals surface area contributed by atoms with Crippen molar-refractivity contribution in [3.8, 4) is 0 Å². The number of hydrogen-bond donors (Lipinski definition) is 2. The number of guanidine groups is 1. The molecular formula is C24H34FIN4O2. The van der Waals surface area contributed by atoms with Gasteiger partial charge in [0, 0.05) is 39.8 Å². The standard InChI is InChI=1S/C24H33FN4O2.HI/c1-3-30-18-21-7-5-4-6-20(21)16-27-24(26-2)28-17-23(29-12-14-31-15-13-29)19-8-10-22(25)11-9-19;/h4-11,23H,3,12-18H2,1-2H3,(H2,26,27,28);1H. The Morgan fingerprint density at radius 2 is 1.78 bits per heavy atom. The molecule has 1 aliphatic rings. The van der Waals surface area contributed by atoms with E-state index in [2.05, 4.69) is 32.7 Å². The molecule has 0 saturated carbocycles. The lowest BCUT2D eigenvalue weighted by Gasteiger charge is -2.35. The molecule has 1 saturated heterocycles. The lowest BCUT2D eigenvalue weighted by molar-refractivity contribution is 0.0170. The fourth-order valence-corrected chi connectivity index (χ4v) is 3.71. The van der Waals surface area contributed by atoms with E-state index in [9.17, 15) is 4.39 Å². The summed E-state index contributed by atoms with van der Waals surface area (Å²) in [4.78, 5) is 6.75. The molecule has 8 heteroatoms. The van der Waals surface area contributed by atoms with Crippen molar-refractivity contribution in [1.82, 2.24) is 15.5 Å². The first kappa shape index (κ1) is 26.5. The molecule has 1 aliphatic heterocycles. The molecule has 2 N–H and O–H groups in total. The lowest BCUT2D eigenvalue weighted by Crippen LogP contribution is -2.46. The quantitative estimate of drug-likeness (QED) is 0.280. The van der Waals surface area contributed by atoms with Crippen LogP contribution in [0.4, 0.5) is 4.39 Å². The van der Waals surface area contributed by atoms with Crippen LogP contribution in [0.5, 0.6) is 0 Å². The molecule has 2 aromatic rings. The van der Waals surface area contributed by atoms with E-state index in [1.165, 1.54) is 23.3 Å². The summed E-state index contributed by atoms with van der Waals surface area (Å²) in [7, 11) is 1.77. The molecule has 1 atom stereocenters. The summed E-state index contributed by atoms with van der Waals surface area (Å²) in [6.45, 7) is 7.72. The number of benzene rings is 2. The van der Waals surface area contributed by atoms with Gasteiger partial charge >= 0.3 is 0 Å². The van der Waals surface area contributed by atoms with Crippen LogP contribution in [0.25, 0.3) is 0 Å². The number of halogens is 2. The van der Waals surface area contributed by atoms with E-state index < -0.39 is 0 Å². The topological polar surface area (TPSA) is 58.1 Å². The first-order valence-corrected chi connectivity index (χ1v) is 10.9. The minimum Gasteiger partial charge on any atom is -0.379 e. The second-order valence-electron chi connectivity index (χ2n) is 7.43. The van der Waals surface area contributed by atoms with Gasteiger partial charge in [-0.1, -0.05) is 36.4 Å². The molecular weight excluding hydrogens is 522 g/mol. The number of rotatable bonds is 9. The average molecular weight is 556 g/mol. The number of nitrogens with one attached hydrogen (secondary N) is 2. The number of aliphatic imine (C=N–C) groups is 1. The van der Waals surface area contributed by atoms with Gasteiger partial charge in [0.15, 0.2) is 5.96 Å². The molecule has 0 spiro atoms. The van der Waals surface area contributed by atoms with E-state index in [1.54, 1.807) is 7.05 Å². The molecule has 2 aromatic carbocycles. The molecule has 1 fully saturated rings. The first-order valence-electron chi connectivity index (χ1n) is 10.9. The second kappa shape index (κ2) is 14.4. The van der Waals surface area contributed by atoms with Gasteiger partial charge in [-0.25, -0.2) is 4.39 Å². The van der Waals surface area contributed by atoms with Crippen molar-refractivity contribution in [2.75, 3.05) is 46.5 Å². The van der Waals surface area contributed by atoms with Crippen molar-refractivity contribution < 1.29 is 13.9 Å². The molecule has 0 aliphatic carbocycles. The average Bonchev–Trinajstić information content (AvgIpc) is 2.82. The maximum absolute atomic E-state index is 13.4. The van der Waals surface area contributed by atoms with Crippen molar-refractivity contribution in [2.45, 2.75) is 26.1 Å². The Bertz CT molecular complexity index is 829. The first-order chi connectivity index (χ1) is 15.2. The zero-order valence-corrected chi connectivity index (χ0v) is 21.2. The highest BCUT2D eigenvalue weighted by atomic mass is 127. The summed E-state index contributed by atoms with van der Waals surface area (Å²) >= 11 is 0. The van der Waals surface area contributed by atoms with Gasteiger partial charge in [-0.2, -0.15) is 0 Å². The van der Waals surface area contributed by atoms with Gasteiger partial charge in [0.2, 0.25) is 0 Å². The molecule has 0 radical (unpaired) electrons. The molecule has 1 heterocycles. The van der Waals surface area contributed by atoms with E-state index in [1.807, 2.05) is 31.2 Å². The Balaban J connectivity index is 0.00000363. The van der Waals surface area contributed by atoms with E-state index in [0.29, 0.717) is 39.5 Å². The van der Waals surface area contributed by atoms with E-state index in [0.717, 1.165) is 24.6 Å². The van der Waals surface area contributed by atoms with Gasteiger partial charge in [0.05, 0.1) is 25.9 Å². The van der Waals surface area contributed by atoms with Gasteiger partial charge in [0.25, 0.3) is 0 Å². The second-order valence-corrected chi connectivity index (χ2v) is 7.43. The Morgan fingerprint density at radius 1 is 1.09 bits per heavy atom. The van der Waals surface area contributed by atoms with Gasteiger partial charge < -0.3 is 20.1 Å². The third kappa shape index (κ3) is 7.99. The zero-order chi connectivity index (χ0) is 21.9. The third-order valence-corrected chi connectivity index (χ3v) is 5.45. The van der Waals surface area contributed by atoms with Gasteiger partial charge in [-0.05, 0) is 35.7 Å². The number of ether oxygens (including phenoxy) is 2. The highest BCUT2D eigenvalue weighted by Crippen LogP contribution is 2.21.